The van der Waals surface area contributed by atoms with Crippen molar-refractivity contribution in [2.24, 2.45) is 11.3 Å². The Labute approximate surface area is 106 Å². The summed E-state index contributed by atoms with van der Waals surface area (Å²) in [5, 5.41) is 3.55. The van der Waals surface area contributed by atoms with E-state index in [1.807, 2.05) is 0 Å². The van der Waals surface area contributed by atoms with Gasteiger partial charge in [-0.05, 0) is 37.6 Å². The lowest BCUT2D eigenvalue weighted by Gasteiger charge is -2.34. The molecule has 2 unspecified atom stereocenters. The molecule has 2 heterocycles. The molecule has 0 aliphatic carbocycles. The minimum atomic E-state index is 0.369. The minimum Gasteiger partial charge on any atom is -0.314 e. The standard InChI is InChI=1S/C15H28N2/c1-12-13(5-8-16-12)11-17-9-6-14(7-10-17)15(2,3)4/h6,12-13,16H,5,7-11H2,1-4H3. The van der Waals surface area contributed by atoms with E-state index >= 15 is 0 Å². The van der Waals surface area contributed by atoms with Crippen LogP contribution >= 0.6 is 0 Å². The predicted molar refractivity (Wildman–Crippen MR) is 74.2 cm³/mol. The minimum absolute atomic E-state index is 0.369. The van der Waals surface area contributed by atoms with Gasteiger partial charge in [-0.2, -0.15) is 0 Å². The molecule has 0 aromatic heterocycles. The summed E-state index contributed by atoms with van der Waals surface area (Å²) in [5.74, 6) is 0.861. The molecule has 98 valence electrons. The van der Waals surface area contributed by atoms with Gasteiger partial charge in [0.15, 0.2) is 0 Å². The van der Waals surface area contributed by atoms with E-state index in [1.54, 1.807) is 5.57 Å². The molecular weight excluding hydrogens is 208 g/mol. The molecule has 17 heavy (non-hydrogen) atoms. The maximum atomic E-state index is 3.55. The summed E-state index contributed by atoms with van der Waals surface area (Å²) in [6.07, 6.45) is 5.09. The molecule has 2 nitrogen and oxygen atoms in total. The first-order valence-corrected chi connectivity index (χ1v) is 7.12. The first kappa shape index (κ1) is 13.1. The predicted octanol–water partition coefficient (Wildman–Crippen LogP) is 2.66. The summed E-state index contributed by atoms with van der Waals surface area (Å²) < 4.78 is 0. The summed E-state index contributed by atoms with van der Waals surface area (Å²) in [6.45, 7) is 14.2. The van der Waals surface area contributed by atoms with E-state index in [0.717, 1.165) is 12.5 Å². The van der Waals surface area contributed by atoms with Crippen LogP contribution in [0.2, 0.25) is 0 Å². The highest BCUT2D eigenvalue weighted by atomic mass is 15.1. The summed E-state index contributed by atoms with van der Waals surface area (Å²) in [7, 11) is 0. The van der Waals surface area contributed by atoms with Crippen LogP contribution in [0.1, 0.15) is 40.5 Å². The first-order valence-electron chi connectivity index (χ1n) is 7.12. The van der Waals surface area contributed by atoms with Crippen LogP contribution in [0.4, 0.5) is 0 Å². The fourth-order valence-corrected chi connectivity index (χ4v) is 3.05. The number of rotatable bonds is 2. The van der Waals surface area contributed by atoms with E-state index in [-0.39, 0.29) is 0 Å². The van der Waals surface area contributed by atoms with Crippen molar-refractivity contribution < 1.29 is 0 Å². The van der Waals surface area contributed by atoms with Gasteiger partial charge in [-0.1, -0.05) is 32.4 Å². The van der Waals surface area contributed by atoms with Crippen molar-refractivity contribution in [3.8, 4) is 0 Å². The highest BCUT2D eigenvalue weighted by Crippen LogP contribution is 2.30. The van der Waals surface area contributed by atoms with Gasteiger partial charge < -0.3 is 5.32 Å². The van der Waals surface area contributed by atoms with Crippen molar-refractivity contribution in [3.05, 3.63) is 11.6 Å². The second kappa shape index (κ2) is 5.11. The van der Waals surface area contributed by atoms with Gasteiger partial charge in [0.1, 0.15) is 0 Å². The lowest BCUT2D eigenvalue weighted by atomic mass is 9.83. The third kappa shape index (κ3) is 3.32. The molecule has 2 atom stereocenters. The number of hydrogen-bond donors (Lipinski definition) is 1. The molecule has 0 amide bonds. The van der Waals surface area contributed by atoms with Crippen molar-refractivity contribution >= 4 is 0 Å². The van der Waals surface area contributed by atoms with Crippen LogP contribution in [0.3, 0.4) is 0 Å². The Kier molecular flexibility index (Phi) is 3.94. The zero-order valence-electron chi connectivity index (χ0n) is 11.9. The van der Waals surface area contributed by atoms with Gasteiger partial charge in [0.25, 0.3) is 0 Å². The number of nitrogens with one attached hydrogen (secondary N) is 1. The van der Waals surface area contributed by atoms with Crippen molar-refractivity contribution in [1.82, 2.24) is 10.2 Å². The maximum absolute atomic E-state index is 3.55. The maximum Gasteiger partial charge on any atom is 0.0166 e. The summed E-state index contributed by atoms with van der Waals surface area (Å²) in [6, 6.07) is 0.711. The molecular formula is C15H28N2. The van der Waals surface area contributed by atoms with Crippen LogP contribution in [-0.2, 0) is 0 Å². The Bertz CT molecular complexity index is 288. The second-order valence-corrected chi connectivity index (χ2v) is 6.78. The van der Waals surface area contributed by atoms with Gasteiger partial charge in [0.2, 0.25) is 0 Å². The molecule has 0 aromatic rings. The number of hydrogen-bond acceptors (Lipinski definition) is 2. The Hall–Kier alpha value is -0.340. The van der Waals surface area contributed by atoms with Crippen molar-refractivity contribution in [1.29, 1.82) is 0 Å². The highest BCUT2D eigenvalue weighted by Gasteiger charge is 2.27. The molecule has 2 aliphatic rings. The molecule has 1 fully saturated rings. The van der Waals surface area contributed by atoms with Crippen LogP contribution in [0, 0.1) is 11.3 Å². The van der Waals surface area contributed by atoms with E-state index in [9.17, 15) is 0 Å². The summed E-state index contributed by atoms with van der Waals surface area (Å²) in [5.41, 5.74) is 2.01. The molecule has 0 aromatic carbocycles. The zero-order chi connectivity index (χ0) is 12.5. The molecule has 2 aliphatic heterocycles. The van der Waals surface area contributed by atoms with Gasteiger partial charge in [0.05, 0.1) is 0 Å². The molecule has 2 heteroatoms. The lowest BCUT2D eigenvalue weighted by molar-refractivity contribution is 0.229. The quantitative estimate of drug-likeness (QED) is 0.742. The lowest BCUT2D eigenvalue weighted by Crippen LogP contribution is -2.38. The average Bonchev–Trinajstić information content (AvgIpc) is 2.64. The Morgan fingerprint density at radius 3 is 2.65 bits per heavy atom. The van der Waals surface area contributed by atoms with Gasteiger partial charge in [-0.3, -0.25) is 4.90 Å². The molecule has 0 spiro atoms. The topological polar surface area (TPSA) is 15.3 Å². The molecule has 0 saturated carbocycles. The Balaban J connectivity index is 1.85. The third-order valence-electron chi connectivity index (χ3n) is 4.44. The van der Waals surface area contributed by atoms with Crippen molar-refractivity contribution in [2.75, 3.05) is 26.2 Å². The van der Waals surface area contributed by atoms with Crippen LogP contribution in [-0.4, -0.2) is 37.1 Å². The van der Waals surface area contributed by atoms with E-state index in [4.69, 9.17) is 0 Å². The molecule has 1 N–H and O–H groups in total. The molecule has 0 bridgehead atoms. The number of nitrogens with zero attached hydrogens (tertiary/aromatic N) is 1. The van der Waals surface area contributed by atoms with E-state index < -0.39 is 0 Å². The van der Waals surface area contributed by atoms with Gasteiger partial charge in [0, 0.05) is 25.7 Å². The van der Waals surface area contributed by atoms with E-state index in [1.165, 1.54) is 32.5 Å². The van der Waals surface area contributed by atoms with Crippen molar-refractivity contribution in [3.63, 3.8) is 0 Å². The first-order chi connectivity index (χ1) is 7.97. The summed E-state index contributed by atoms with van der Waals surface area (Å²) >= 11 is 0. The molecule has 2 rings (SSSR count). The monoisotopic (exact) mass is 236 g/mol. The Morgan fingerprint density at radius 1 is 1.41 bits per heavy atom. The van der Waals surface area contributed by atoms with Gasteiger partial charge >= 0.3 is 0 Å². The SMILES string of the molecule is CC1NCCC1CN1CC=C(C(C)(C)C)CC1. The highest BCUT2D eigenvalue weighted by molar-refractivity contribution is 5.14. The normalized spacial score (nSPS) is 31.6. The van der Waals surface area contributed by atoms with E-state index in [0.29, 0.717) is 11.5 Å². The van der Waals surface area contributed by atoms with Crippen LogP contribution < -0.4 is 5.32 Å². The summed E-state index contributed by atoms with van der Waals surface area (Å²) in [4.78, 5) is 2.63. The largest absolute Gasteiger partial charge is 0.314 e. The van der Waals surface area contributed by atoms with Crippen LogP contribution in [0.25, 0.3) is 0 Å². The van der Waals surface area contributed by atoms with Crippen LogP contribution in [0.5, 0.6) is 0 Å². The van der Waals surface area contributed by atoms with Gasteiger partial charge in [-0.15, -0.1) is 0 Å². The molecule has 1 saturated heterocycles. The molecule has 0 radical (unpaired) electrons. The fourth-order valence-electron chi connectivity index (χ4n) is 3.05. The second-order valence-electron chi connectivity index (χ2n) is 6.78. The van der Waals surface area contributed by atoms with Gasteiger partial charge in [-0.25, -0.2) is 0 Å². The fraction of sp³-hybridized carbons (Fsp3) is 0.867. The van der Waals surface area contributed by atoms with Crippen molar-refractivity contribution in [2.45, 2.75) is 46.6 Å². The smallest absolute Gasteiger partial charge is 0.0166 e. The Morgan fingerprint density at radius 2 is 2.18 bits per heavy atom. The van der Waals surface area contributed by atoms with Crippen LogP contribution in [0.15, 0.2) is 11.6 Å². The van der Waals surface area contributed by atoms with E-state index in [2.05, 4.69) is 44.0 Å². The average molecular weight is 236 g/mol. The zero-order valence-corrected chi connectivity index (χ0v) is 11.9. The third-order valence-corrected chi connectivity index (χ3v) is 4.44.